The molecule has 3 N–H and O–H groups in total. The van der Waals surface area contributed by atoms with Gasteiger partial charge in [-0.1, -0.05) is 34.6 Å². The van der Waals surface area contributed by atoms with E-state index in [2.05, 4.69) is 39.9 Å². The lowest BCUT2D eigenvalue weighted by Crippen LogP contribution is -2.52. The fourth-order valence-electron chi connectivity index (χ4n) is 2.11. The number of rotatable bonds is 3. The van der Waals surface area contributed by atoms with Gasteiger partial charge < -0.3 is 11.1 Å². The minimum absolute atomic E-state index is 0.160. The predicted octanol–water partition coefficient (Wildman–Crippen LogP) is 1.61. The van der Waals surface area contributed by atoms with Gasteiger partial charge in [-0.3, -0.25) is 0 Å². The minimum atomic E-state index is 0.160. The van der Waals surface area contributed by atoms with Crippen molar-refractivity contribution < 1.29 is 0 Å². The molecule has 0 heterocycles. The monoisotopic (exact) mass is 172 g/mol. The van der Waals surface area contributed by atoms with Crippen molar-refractivity contribution in [1.29, 1.82) is 0 Å². The molecule has 12 heavy (non-hydrogen) atoms. The average molecular weight is 172 g/mol. The van der Waals surface area contributed by atoms with E-state index in [4.69, 9.17) is 5.73 Å². The summed E-state index contributed by atoms with van der Waals surface area (Å²) in [6, 6.07) is 0.454. The molecule has 2 heteroatoms. The highest BCUT2D eigenvalue weighted by molar-refractivity contribution is 4.91. The summed E-state index contributed by atoms with van der Waals surface area (Å²) in [6.07, 6.45) is 0. The SMILES string of the molecule is CNC(C(C)(C)C)C(C)(C)CN. The van der Waals surface area contributed by atoms with Crippen molar-refractivity contribution in [3.8, 4) is 0 Å². The summed E-state index contributed by atoms with van der Waals surface area (Å²) >= 11 is 0. The van der Waals surface area contributed by atoms with Crippen LogP contribution in [0.1, 0.15) is 34.6 Å². The molecule has 2 nitrogen and oxygen atoms in total. The van der Waals surface area contributed by atoms with Crippen LogP contribution in [0, 0.1) is 10.8 Å². The van der Waals surface area contributed by atoms with E-state index in [9.17, 15) is 0 Å². The first-order chi connectivity index (χ1) is 5.25. The standard InChI is InChI=1S/C10H24N2/c1-9(2,3)8(12-6)10(4,5)7-11/h8,12H,7,11H2,1-6H3. The molecule has 0 aliphatic rings. The molecular formula is C10H24N2. The van der Waals surface area contributed by atoms with Crippen LogP contribution in [0.25, 0.3) is 0 Å². The summed E-state index contributed by atoms with van der Waals surface area (Å²) in [7, 11) is 2.01. The number of nitrogens with one attached hydrogen (secondary N) is 1. The minimum Gasteiger partial charge on any atom is -0.330 e. The van der Waals surface area contributed by atoms with Crippen LogP contribution in [0.5, 0.6) is 0 Å². The van der Waals surface area contributed by atoms with Crippen LogP contribution in [0.2, 0.25) is 0 Å². The molecule has 0 spiro atoms. The Labute approximate surface area is 76.9 Å². The smallest absolute Gasteiger partial charge is 0.0176 e. The van der Waals surface area contributed by atoms with Crippen LogP contribution in [-0.4, -0.2) is 19.6 Å². The lowest BCUT2D eigenvalue weighted by Gasteiger charge is -2.42. The van der Waals surface area contributed by atoms with Gasteiger partial charge in [0.1, 0.15) is 0 Å². The average Bonchev–Trinajstić information content (AvgIpc) is 1.85. The Hall–Kier alpha value is -0.0800. The third kappa shape index (κ3) is 2.76. The summed E-state index contributed by atoms with van der Waals surface area (Å²) in [5, 5.41) is 3.35. The van der Waals surface area contributed by atoms with Crippen LogP contribution >= 0.6 is 0 Å². The van der Waals surface area contributed by atoms with Crippen molar-refractivity contribution >= 4 is 0 Å². The highest BCUT2D eigenvalue weighted by Gasteiger charge is 2.35. The lowest BCUT2D eigenvalue weighted by molar-refractivity contribution is 0.139. The van der Waals surface area contributed by atoms with Gasteiger partial charge in [-0.15, -0.1) is 0 Å². The van der Waals surface area contributed by atoms with E-state index < -0.39 is 0 Å². The molecule has 1 atom stereocenters. The third-order valence-corrected chi connectivity index (χ3v) is 2.46. The lowest BCUT2D eigenvalue weighted by atomic mass is 9.71. The quantitative estimate of drug-likeness (QED) is 0.678. The van der Waals surface area contributed by atoms with Gasteiger partial charge in [0.05, 0.1) is 0 Å². The van der Waals surface area contributed by atoms with E-state index in [1.165, 1.54) is 0 Å². The second kappa shape index (κ2) is 3.75. The molecule has 74 valence electrons. The van der Waals surface area contributed by atoms with Crippen molar-refractivity contribution in [3.63, 3.8) is 0 Å². The van der Waals surface area contributed by atoms with Crippen molar-refractivity contribution in [2.75, 3.05) is 13.6 Å². The van der Waals surface area contributed by atoms with E-state index in [1.54, 1.807) is 0 Å². The number of hydrogen-bond donors (Lipinski definition) is 2. The number of nitrogens with two attached hydrogens (primary N) is 1. The fraction of sp³-hybridized carbons (Fsp3) is 1.00. The molecule has 0 aromatic heterocycles. The molecular weight excluding hydrogens is 148 g/mol. The van der Waals surface area contributed by atoms with Gasteiger partial charge in [0.2, 0.25) is 0 Å². The Kier molecular flexibility index (Phi) is 3.73. The Morgan fingerprint density at radius 2 is 1.58 bits per heavy atom. The van der Waals surface area contributed by atoms with Crippen LogP contribution in [0.3, 0.4) is 0 Å². The normalized spacial score (nSPS) is 16.2. The van der Waals surface area contributed by atoms with Crippen LogP contribution < -0.4 is 11.1 Å². The Morgan fingerprint density at radius 3 is 1.67 bits per heavy atom. The van der Waals surface area contributed by atoms with E-state index in [0.29, 0.717) is 6.04 Å². The molecule has 0 aliphatic carbocycles. The molecule has 0 amide bonds. The van der Waals surface area contributed by atoms with Crippen molar-refractivity contribution in [2.45, 2.75) is 40.7 Å². The van der Waals surface area contributed by atoms with E-state index >= 15 is 0 Å². The molecule has 0 radical (unpaired) electrons. The zero-order chi connectivity index (χ0) is 9.99. The highest BCUT2D eigenvalue weighted by Crippen LogP contribution is 2.32. The first kappa shape index (κ1) is 11.9. The van der Waals surface area contributed by atoms with E-state index in [-0.39, 0.29) is 10.8 Å². The van der Waals surface area contributed by atoms with Gasteiger partial charge in [0.15, 0.2) is 0 Å². The van der Waals surface area contributed by atoms with Crippen LogP contribution in [0.4, 0.5) is 0 Å². The Balaban J connectivity index is 4.56. The van der Waals surface area contributed by atoms with Gasteiger partial charge in [-0.2, -0.15) is 0 Å². The zero-order valence-electron chi connectivity index (χ0n) is 9.36. The van der Waals surface area contributed by atoms with Crippen molar-refractivity contribution in [2.24, 2.45) is 16.6 Å². The summed E-state index contributed by atoms with van der Waals surface area (Å²) in [4.78, 5) is 0. The molecule has 0 aromatic rings. The van der Waals surface area contributed by atoms with Gasteiger partial charge in [0.25, 0.3) is 0 Å². The topological polar surface area (TPSA) is 38.0 Å². The largest absolute Gasteiger partial charge is 0.330 e. The molecule has 0 saturated heterocycles. The van der Waals surface area contributed by atoms with E-state index in [1.807, 2.05) is 7.05 Å². The summed E-state index contributed by atoms with van der Waals surface area (Å²) in [5.74, 6) is 0. The molecule has 0 fully saturated rings. The molecule has 0 aromatic carbocycles. The van der Waals surface area contributed by atoms with Crippen molar-refractivity contribution in [3.05, 3.63) is 0 Å². The Bertz CT molecular complexity index is 133. The third-order valence-electron chi connectivity index (χ3n) is 2.46. The molecule has 0 rings (SSSR count). The Morgan fingerprint density at radius 1 is 1.17 bits per heavy atom. The van der Waals surface area contributed by atoms with Crippen LogP contribution in [0.15, 0.2) is 0 Å². The summed E-state index contributed by atoms with van der Waals surface area (Å²) in [5.41, 5.74) is 6.16. The maximum absolute atomic E-state index is 5.74. The maximum Gasteiger partial charge on any atom is 0.0176 e. The van der Waals surface area contributed by atoms with Gasteiger partial charge in [-0.05, 0) is 24.4 Å². The fourth-order valence-corrected chi connectivity index (χ4v) is 2.11. The molecule has 0 aliphatic heterocycles. The van der Waals surface area contributed by atoms with E-state index in [0.717, 1.165) is 6.54 Å². The van der Waals surface area contributed by atoms with Gasteiger partial charge in [-0.25, -0.2) is 0 Å². The summed E-state index contributed by atoms with van der Waals surface area (Å²) in [6.45, 7) is 11.9. The van der Waals surface area contributed by atoms with Crippen molar-refractivity contribution in [1.82, 2.24) is 5.32 Å². The predicted molar refractivity (Wildman–Crippen MR) is 55.1 cm³/mol. The van der Waals surface area contributed by atoms with Crippen LogP contribution in [-0.2, 0) is 0 Å². The molecule has 1 unspecified atom stereocenters. The summed E-state index contributed by atoms with van der Waals surface area (Å²) < 4.78 is 0. The van der Waals surface area contributed by atoms with Gasteiger partial charge in [0, 0.05) is 6.04 Å². The van der Waals surface area contributed by atoms with Gasteiger partial charge >= 0.3 is 0 Å². The number of hydrogen-bond acceptors (Lipinski definition) is 2. The second-order valence-corrected chi connectivity index (χ2v) is 5.28. The molecule has 0 saturated carbocycles. The maximum atomic E-state index is 5.74. The highest BCUT2D eigenvalue weighted by atomic mass is 14.9. The first-order valence-corrected chi connectivity index (χ1v) is 4.63. The molecule has 0 bridgehead atoms. The first-order valence-electron chi connectivity index (χ1n) is 4.63. The second-order valence-electron chi connectivity index (χ2n) is 5.28. The zero-order valence-corrected chi connectivity index (χ0v) is 9.36.